The molecule has 138 heavy (non-hydrogen) atoms. The number of thiophene rings is 6. The number of alkyl halides is 3. The van der Waals surface area contributed by atoms with Crippen LogP contribution in [0.4, 0.5) is 60.2 Å². The molecule has 0 spiro atoms. The first-order valence-corrected chi connectivity index (χ1v) is 48.3. The molecule has 0 atom stereocenters. The molecule has 18 aromatic rings. The van der Waals surface area contributed by atoms with E-state index in [4.69, 9.17) is 121 Å². The average Bonchev–Trinajstić information content (AvgIpc) is 1.60. The Morgan fingerprint density at radius 1 is 0.333 bits per heavy atom. The van der Waals surface area contributed by atoms with E-state index >= 15 is 0 Å². The van der Waals surface area contributed by atoms with E-state index in [-0.39, 0.29) is 70.4 Å². The maximum Gasteiger partial charge on any atom is 0.417 e. The van der Waals surface area contributed by atoms with E-state index in [0.717, 1.165) is 74.2 Å². The van der Waals surface area contributed by atoms with Gasteiger partial charge in [0.05, 0.1) is 81.4 Å². The number of aromatic nitrogens is 12. The normalized spacial score (nSPS) is 11.5. The highest BCUT2D eigenvalue weighted by atomic mass is 35.5. The zero-order valence-electron chi connectivity index (χ0n) is 72.7. The highest BCUT2D eigenvalue weighted by molar-refractivity contribution is 7.23. The molecule has 1 saturated carbocycles. The zero-order chi connectivity index (χ0) is 99.2. The molecule has 0 saturated heterocycles. The van der Waals surface area contributed by atoms with Crippen molar-refractivity contribution in [1.82, 2.24) is 86.4 Å². The number of hydrogen-bond donors (Lipinski definition) is 13. The Morgan fingerprint density at radius 3 is 1.03 bits per heavy atom. The summed E-state index contributed by atoms with van der Waals surface area (Å²) in [5.41, 5.74) is 36.7. The van der Waals surface area contributed by atoms with Gasteiger partial charge in [0, 0.05) is 150 Å². The molecule has 31 nitrogen and oxygen atoms in total. The molecule has 19 rings (SSSR count). The number of nitrogens with one attached hydrogen (secondary N) is 8. The SMILES string of the molecule is CC(=O)c1cc2c(-c3cc(Cl)cc(Cl)c3)nc(N)nc2s1.CNC(=O)c1cc2c(-c3cc(Cl)cc(Cl)c3)nc(N)nc2s1.CNC(=O)c1cc2c(-c3cc(Cl)cc(Cl)c3)nc(NC)nc2s1.CNC(=O)c1cc2c(-c3ccccc3C(F)(F)F)nc(NC)nc2s1.CNC(=O)c1sc2nc(N)nc(-c3cccc(Cl)c3)c2c1N.CNC(=O)c1sc2nc(NC3CC3)nc(-c3cccc(Cl)c3)c2c1N. The number of fused-ring (bicyclic) bond motifs is 6. The summed E-state index contributed by atoms with van der Waals surface area (Å²) in [5.74, 6) is 0.404. The zero-order valence-corrected chi connectivity index (χ0v) is 83.7. The number of carbonyl (C=O) groups excluding carboxylic acids is 6. The molecule has 1 fully saturated rings. The van der Waals surface area contributed by atoms with Crippen LogP contribution < -0.4 is 71.2 Å². The van der Waals surface area contributed by atoms with Crippen molar-refractivity contribution in [2.24, 2.45) is 0 Å². The van der Waals surface area contributed by atoms with Gasteiger partial charge in [-0.05, 0) is 129 Å². The number of carbonyl (C=O) groups is 6. The first-order chi connectivity index (χ1) is 65.8. The van der Waals surface area contributed by atoms with Crippen molar-refractivity contribution in [3.05, 3.63) is 227 Å². The maximum absolute atomic E-state index is 13.4. The summed E-state index contributed by atoms with van der Waals surface area (Å²) < 4.78 is 40.2. The number of nitrogens with two attached hydrogens (primary N) is 5. The number of Topliss-reactive ketones (excluding diaryl/α,β-unsaturated/α-hetero) is 1. The Hall–Kier alpha value is -12.9. The lowest BCUT2D eigenvalue weighted by atomic mass is 10.0. The summed E-state index contributed by atoms with van der Waals surface area (Å²) in [4.78, 5) is 130. The molecule has 12 aromatic heterocycles. The molecular formula is C90H72Cl8F3N25O6S6. The second kappa shape index (κ2) is 43.4. The summed E-state index contributed by atoms with van der Waals surface area (Å²) in [6.07, 6.45) is -2.29. The lowest BCUT2D eigenvalue weighted by molar-refractivity contribution is -0.137. The van der Waals surface area contributed by atoms with Crippen molar-refractivity contribution in [2.45, 2.75) is 32.0 Å². The van der Waals surface area contributed by atoms with Gasteiger partial charge >= 0.3 is 6.18 Å². The number of anilines is 8. The predicted molar refractivity (Wildman–Crippen MR) is 557 cm³/mol. The van der Waals surface area contributed by atoms with Gasteiger partial charge in [0.1, 0.15) is 38.7 Å². The van der Waals surface area contributed by atoms with Crippen LogP contribution in [0.15, 0.2) is 152 Å². The summed E-state index contributed by atoms with van der Waals surface area (Å²) >= 11 is 55.9. The monoisotopic (exact) mass is 2130 g/mol. The highest BCUT2D eigenvalue weighted by Gasteiger charge is 2.35. The minimum Gasteiger partial charge on any atom is -0.397 e. The van der Waals surface area contributed by atoms with Crippen LogP contribution in [0, 0.1) is 0 Å². The van der Waals surface area contributed by atoms with E-state index in [1.807, 2.05) is 30.3 Å². The van der Waals surface area contributed by atoms with E-state index < -0.39 is 11.7 Å². The number of amides is 5. The first kappa shape index (κ1) is 101. The molecule has 0 aliphatic heterocycles. The number of nitrogens with zero attached hydrogens (tertiary/aromatic N) is 12. The molecule has 18 N–H and O–H groups in total. The number of halogens is 11. The van der Waals surface area contributed by atoms with Crippen LogP contribution in [0.2, 0.25) is 40.2 Å². The maximum atomic E-state index is 13.4. The van der Waals surface area contributed by atoms with E-state index in [1.54, 1.807) is 133 Å². The second-order valence-electron chi connectivity index (χ2n) is 29.3. The fourth-order valence-electron chi connectivity index (χ4n) is 13.5. The lowest BCUT2D eigenvalue weighted by Gasteiger charge is -2.13. The number of ketones is 1. The molecule has 1 aliphatic rings. The van der Waals surface area contributed by atoms with Crippen LogP contribution >= 0.6 is 161 Å². The van der Waals surface area contributed by atoms with Crippen LogP contribution in [-0.2, 0) is 6.18 Å². The Bertz CT molecular complexity index is 7800. The summed E-state index contributed by atoms with van der Waals surface area (Å²) in [6.45, 7) is 1.51. The number of benzene rings is 6. The van der Waals surface area contributed by atoms with Gasteiger partial charge in [-0.25, -0.2) is 59.8 Å². The molecule has 6 aromatic carbocycles. The standard InChI is InChI=1S/C17H16ClN5OS.C16H13F3N4OS.C15H12Cl2N4OS.C14H10Cl2N4OS.C14H9Cl2N3OS.C14H12ClN5OS/c1-20-15(24)14-12(19)11-13(8-3-2-4-9(18)7-8)22-17(21-10-5-6-10)23-16(11)25-14;1-20-13(24)11-7-9-12(22-15(21-2)23-14(9)25-11)8-5-3-4-6-10(8)16(17,18)19;1-18-13(22)11-6-10-12(7-3-8(16)5-9(17)4-7)20-15(19-2)21-14(10)23-11;1-18-12(21)10-5-9-11(19-14(17)20-13(9)22-10)6-2-7(15)4-8(16)3-6;1-6(20)11-5-10-12(18-14(17)19-13(10)21-11)7-2-8(15)4-9(16)3-7;1-18-12(21)11-9(16)8-10(6-3-2-4-7(15)5-6)19-14(17)20-13(8)22-11/h2-4,7,10H,5-6,19H2,1H3,(H,20,24)(H,21,22,23);3-7H,1-2H3,(H,20,24)(H,21,22,23);3-6H,1-2H3,(H,18,22)(H,19,20,21);2-5H,1H3,(H,18,21)(H2,17,19,20);2-5H,1H3,(H2,17,18,19);2-5H,16H2,1H3,(H,18,21)(H2,17,19,20). The smallest absolute Gasteiger partial charge is 0.397 e. The van der Waals surface area contributed by atoms with E-state index in [2.05, 4.69) is 102 Å². The summed E-state index contributed by atoms with van der Waals surface area (Å²) in [7, 11) is 11.1. The topological polar surface area (TPSA) is 483 Å². The molecule has 5 amide bonds. The third kappa shape index (κ3) is 23.2. The molecule has 0 radical (unpaired) electrons. The van der Waals surface area contributed by atoms with E-state index in [9.17, 15) is 41.9 Å². The molecule has 0 unspecified atom stereocenters. The second-order valence-corrected chi connectivity index (χ2v) is 38.9. The van der Waals surface area contributed by atoms with Crippen LogP contribution in [0.1, 0.15) is 83.4 Å². The van der Waals surface area contributed by atoms with Crippen molar-refractivity contribution in [2.75, 3.05) is 94.0 Å². The van der Waals surface area contributed by atoms with Crippen LogP contribution in [-0.4, -0.2) is 151 Å². The molecule has 0 bridgehead atoms. The van der Waals surface area contributed by atoms with Crippen molar-refractivity contribution in [3.8, 4) is 67.5 Å². The van der Waals surface area contributed by atoms with Gasteiger partial charge < -0.3 is 71.2 Å². The fourth-order valence-corrected chi connectivity index (χ4v) is 21.4. The Morgan fingerprint density at radius 2 is 0.652 bits per heavy atom. The fraction of sp³-hybridized carbons (Fsp3) is 0.133. The predicted octanol–water partition coefficient (Wildman–Crippen LogP) is 22.0. The van der Waals surface area contributed by atoms with E-state index in [0.29, 0.717) is 172 Å². The average molecular weight is 2130 g/mol. The van der Waals surface area contributed by atoms with Gasteiger partial charge in [0.2, 0.25) is 35.7 Å². The largest absolute Gasteiger partial charge is 0.417 e. The van der Waals surface area contributed by atoms with Gasteiger partial charge in [-0.15, -0.1) is 68.0 Å². The van der Waals surface area contributed by atoms with Crippen LogP contribution in [0.5, 0.6) is 0 Å². The third-order valence-electron chi connectivity index (χ3n) is 19.8. The van der Waals surface area contributed by atoms with E-state index in [1.165, 1.54) is 94.9 Å². The van der Waals surface area contributed by atoms with Crippen LogP contribution in [0.25, 0.3) is 129 Å². The van der Waals surface area contributed by atoms with Gasteiger partial charge in [-0.1, -0.05) is 135 Å². The van der Waals surface area contributed by atoms with Gasteiger partial charge in [-0.2, -0.15) is 13.2 Å². The minimum absolute atomic E-state index is 0.0216. The molecule has 706 valence electrons. The molecule has 48 heteroatoms. The lowest BCUT2D eigenvalue weighted by Crippen LogP contribution is -2.17. The highest BCUT2D eigenvalue weighted by Crippen LogP contribution is 2.46. The number of hydrogen-bond acceptors (Lipinski definition) is 32. The summed E-state index contributed by atoms with van der Waals surface area (Å²) in [5, 5.41) is 30.1. The van der Waals surface area contributed by atoms with Gasteiger partial charge in [0.15, 0.2) is 5.78 Å². The van der Waals surface area contributed by atoms with Crippen molar-refractivity contribution >= 4 is 305 Å². The first-order valence-electron chi connectivity index (χ1n) is 40.4. The third-order valence-corrected chi connectivity index (χ3v) is 28.0. The molecular weight excluding hydrogens is 2060 g/mol. The van der Waals surface area contributed by atoms with Gasteiger partial charge in [0.25, 0.3) is 29.5 Å². The van der Waals surface area contributed by atoms with Crippen molar-refractivity contribution in [3.63, 3.8) is 0 Å². The Kier molecular flexibility index (Phi) is 31.8. The summed E-state index contributed by atoms with van der Waals surface area (Å²) in [6, 6.07) is 42.5. The number of nitrogen functional groups attached to an aromatic ring is 5. The quantitative estimate of drug-likeness (QED) is 0.0400. The van der Waals surface area contributed by atoms with Crippen molar-refractivity contribution in [1.29, 1.82) is 0 Å². The number of rotatable bonds is 16. The Labute approximate surface area is 845 Å². The minimum atomic E-state index is -4.52. The molecule has 1 aliphatic carbocycles. The Balaban J connectivity index is 0.000000132. The molecule has 12 heterocycles. The van der Waals surface area contributed by atoms with Gasteiger partial charge in [-0.3, -0.25) is 28.8 Å². The van der Waals surface area contributed by atoms with Crippen LogP contribution in [0.3, 0.4) is 0 Å². The van der Waals surface area contributed by atoms with Crippen molar-refractivity contribution < 1.29 is 41.9 Å².